The number of carboxylic acid groups (broad SMARTS) is 1. The molecule has 6 nitrogen and oxygen atoms in total. The lowest BCUT2D eigenvalue weighted by Crippen LogP contribution is -2.33. The third kappa shape index (κ3) is 3.83. The van der Waals surface area contributed by atoms with Crippen LogP contribution >= 0.6 is 24.0 Å². The third-order valence-electron chi connectivity index (χ3n) is 3.13. The van der Waals surface area contributed by atoms with Crippen molar-refractivity contribution in [3.8, 4) is 11.5 Å². The molecule has 1 aromatic rings. The largest absolute Gasteiger partial charge is 0.550 e. The lowest BCUT2D eigenvalue weighted by atomic mass is 10.1. The summed E-state index contributed by atoms with van der Waals surface area (Å²) in [6.45, 7) is -0.000411. The Labute approximate surface area is 143 Å². The number of methoxy groups -OCH3 is 2. The van der Waals surface area contributed by atoms with Crippen LogP contribution in [0.1, 0.15) is 12.0 Å². The van der Waals surface area contributed by atoms with Gasteiger partial charge in [0.25, 0.3) is 5.91 Å². The minimum atomic E-state index is -1.22. The predicted molar refractivity (Wildman–Crippen MR) is 89.0 cm³/mol. The summed E-state index contributed by atoms with van der Waals surface area (Å²) in [5.41, 5.74) is 0.673. The summed E-state index contributed by atoms with van der Waals surface area (Å²) >= 11 is 6.25. The number of ether oxygens (including phenoxy) is 2. The number of aliphatic carboxylic acids is 1. The highest BCUT2D eigenvalue weighted by molar-refractivity contribution is 8.26. The van der Waals surface area contributed by atoms with Crippen LogP contribution in [-0.4, -0.2) is 41.9 Å². The zero-order chi connectivity index (χ0) is 17.0. The molecule has 0 radical (unpaired) electrons. The Morgan fingerprint density at radius 2 is 2.13 bits per heavy atom. The number of hydrogen-bond acceptors (Lipinski definition) is 7. The van der Waals surface area contributed by atoms with Gasteiger partial charge < -0.3 is 19.4 Å². The molecule has 1 aromatic carbocycles. The van der Waals surface area contributed by atoms with E-state index in [2.05, 4.69) is 0 Å². The van der Waals surface area contributed by atoms with Gasteiger partial charge in [0.2, 0.25) is 0 Å². The van der Waals surface area contributed by atoms with E-state index in [4.69, 9.17) is 21.7 Å². The first-order valence-electron chi connectivity index (χ1n) is 6.64. The lowest BCUT2D eigenvalue weighted by Gasteiger charge is -2.14. The van der Waals surface area contributed by atoms with Gasteiger partial charge in [0.15, 0.2) is 11.5 Å². The van der Waals surface area contributed by atoms with Gasteiger partial charge in [-0.1, -0.05) is 36.1 Å². The zero-order valence-corrected chi connectivity index (χ0v) is 14.2. The van der Waals surface area contributed by atoms with Gasteiger partial charge in [0.05, 0.1) is 19.1 Å². The molecule has 1 heterocycles. The first-order valence-corrected chi connectivity index (χ1v) is 7.86. The summed E-state index contributed by atoms with van der Waals surface area (Å²) in [5, 5.41) is 10.6. The Morgan fingerprint density at radius 3 is 2.74 bits per heavy atom. The van der Waals surface area contributed by atoms with Crippen molar-refractivity contribution in [2.24, 2.45) is 0 Å². The molecule has 1 aliphatic rings. The number of carbonyl (C=O) groups is 2. The molecule has 0 spiro atoms. The molecule has 1 amide bonds. The lowest BCUT2D eigenvalue weighted by molar-refractivity contribution is -0.305. The summed E-state index contributed by atoms with van der Waals surface area (Å²) in [5.74, 6) is -0.493. The Bertz CT molecular complexity index is 686. The second-order valence-electron chi connectivity index (χ2n) is 4.54. The van der Waals surface area contributed by atoms with Crippen molar-refractivity contribution in [1.82, 2.24) is 4.90 Å². The van der Waals surface area contributed by atoms with Gasteiger partial charge in [-0.15, -0.1) is 0 Å². The topological polar surface area (TPSA) is 78.9 Å². The zero-order valence-electron chi connectivity index (χ0n) is 12.5. The number of amides is 1. The summed E-state index contributed by atoms with van der Waals surface area (Å²) in [7, 11) is 3.04. The molecule has 0 atom stereocenters. The summed E-state index contributed by atoms with van der Waals surface area (Å²) in [6, 6.07) is 5.32. The molecule has 0 N–H and O–H groups in total. The molecule has 8 heteroatoms. The number of thioether (sulfide) groups is 1. The number of hydrogen-bond donors (Lipinski definition) is 0. The summed E-state index contributed by atoms with van der Waals surface area (Å²) in [4.78, 5) is 24.6. The molecule has 0 bridgehead atoms. The summed E-state index contributed by atoms with van der Waals surface area (Å²) in [6.07, 6.45) is 1.39. The van der Waals surface area contributed by atoms with Crippen molar-refractivity contribution in [2.45, 2.75) is 6.42 Å². The van der Waals surface area contributed by atoms with Crippen molar-refractivity contribution >= 4 is 46.3 Å². The van der Waals surface area contributed by atoms with E-state index in [0.717, 1.165) is 11.8 Å². The second-order valence-corrected chi connectivity index (χ2v) is 6.21. The van der Waals surface area contributed by atoms with Crippen molar-refractivity contribution < 1.29 is 24.2 Å². The number of para-hydroxylation sites is 1. The highest BCUT2D eigenvalue weighted by Gasteiger charge is 2.31. The van der Waals surface area contributed by atoms with Gasteiger partial charge >= 0.3 is 0 Å². The van der Waals surface area contributed by atoms with Crippen LogP contribution in [0.4, 0.5) is 0 Å². The predicted octanol–water partition coefficient (Wildman–Crippen LogP) is 1.04. The maximum Gasteiger partial charge on any atom is 0.266 e. The number of nitrogens with zero attached hydrogens (tertiary/aromatic N) is 1. The highest BCUT2D eigenvalue weighted by atomic mass is 32.2. The Hall–Kier alpha value is -2.06. The van der Waals surface area contributed by atoms with E-state index in [9.17, 15) is 14.7 Å². The first-order chi connectivity index (χ1) is 11.0. The quantitative estimate of drug-likeness (QED) is 0.559. The van der Waals surface area contributed by atoms with E-state index in [0.29, 0.717) is 26.3 Å². The maximum absolute atomic E-state index is 12.4. The minimum absolute atomic E-state index is 0.000411. The van der Waals surface area contributed by atoms with Crippen LogP contribution in [0.25, 0.3) is 6.08 Å². The van der Waals surface area contributed by atoms with Crippen LogP contribution in [0.3, 0.4) is 0 Å². The van der Waals surface area contributed by atoms with E-state index in [1.54, 1.807) is 24.3 Å². The van der Waals surface area contributed by atoms with E-state index >= 15 is 0 Å². The fourth-order valence-corrected chi connectivity index (χ4v) is 3.36. The average Bonchev–Trinajstić information content (AvgIpc) is 2.79. The Kier molecular flexibility index (Phi) is 5.62. The molecular weight excluding hydrogens is 338 g/mol. The average molecular weight is 352 g/mol. The number of carboxylic acids is 1. The molecular formula is C15H14NO5S2-. The van der Waals surface area contributed by atoms with Gasteiger partial charge in [0.1, 0.15) is 4.32 Å². The maximum atomic E-state index is 12.4. The van der Waals surface area contributed by atoms with Crippen molar-refractivity contribution in [3.63, 3.8) is 0 Å². The number of carbonyl (C=O) groups excluding carboxylic acids is 2. The van der Waals surface area contributed by atoms with E-state index in [1.165, 1.54) is 19.1 Å². The minimum Gasteiger partial charge on any atom is -0.550 e. The molecule has 1 fully saturated rings. The van der Waals surface area contributed by atoms with Crippen molar-refractivity contribution in [1.29, 1.82) is 0 Å². The Balaban J connectivity index is 2.29. The standard InChI is InChI=1S/C15H15NO5S2/c1-20-10-5-3-4-9(13(10)21-2)8-11-14(19)16(15(22)23-11)7-6-12(17)18/h3-5,8H,6-7H2,1-2H3,(H,17,18)/p-1. The Morgan fingerprint density at radius 1 is 1.39 bits per heavy atom. The first kappa shape index (κ1) is 17.3. The molecule has 0 aromatic heterocycles. The van der Waals surface area contributed by atoms with Crippen LogP contribution < -0.4 is 14.6 Å². The normalized spacial score (nSPS) is 16.1. The van der Waals surface area contributed by atoms with Gasteiger partial charge in [-0.25, -0.2) is 0 Å². The highest BCUT2D eigenvalue weighted by Crippen LogP contribution is 2.37. The van der Waals surface area contributed by atoms with Gasteiger partial charge in [0, 0.05) is 24.5 Å². The van der Waals surface area contributed by atoms with Crippen LogP contribution in [-0.2, 0) is 9.59 Å². The second kappa shape index (κ2) is 7.47. The van der Waals surface area contributed by atoms with E-state index < -0.39 is 5.97 Å². The number of rotatable bonds is 6. The van der Waals surface area contributed by atoms with E-state index in [1.807, 2.05) is 0 Å². The van der Waals surface area contributed by atoms with Crippen molar-refractivity contribution in [3.05, 3.63) is 28.7 Å². The van der Waals surface area contributed by atoms with Crippen LogP contribution in [0.5, 0.6) is 11.5 Å². The smallest absolute Gasteiger partial charge is 0.266 e. The molecule has 23 heavy (non-hydrogen) atoms. The van der Waals surface area contributed by atoms with Crippen LogP contribution in [0, 0.1) is 0 Å². The van der Waals surface area contributed by atoms with Crippen LogP contribution in [0.15, 0.2) is 23.1 Å². The molecule has 0 aliphatic carbocycles. The van der Waals surface area contributed by atoms with E-state index in [-0.39, 0.29) is 18.9 Å². The number of benzene rings is 1. The van der Waals surface area contributed by atoms with Crippen molar-refractivity contribution in [2.75, 3.05) is 20.8 Å². The fraction of sp³-hybridized carbons (Fsp3) is 0.267. The third-order valence-corrected chi connectivity index (χ3v) is 4.51. The van der Waals surface area contributed by atoms with Gasteiger partial charge in [-0.3, -0.25) is 9.69 Å². The van der Waals surface area contributed by atoms with Gasteiger partial charge in [-0.05, 0) is 12.1 Å². The summed E-state index contributed by atoms with van der Waals surface area (Å²) < 4.78 is 10.9. The van der Waals surface area contributed by atoms with Crippen LogP contribution in [0.2, 0.25) is 0 Å². The fourth-order valence-electron chi connectivity index (χ4n) is 2.06. The molecule has 0 saturated carbocycles. The molecule has 0 unspecified atom stereocenters. The SMILES string of the molecule is COc1cccc(C=C2SC(=S)N(CCC(=O)[O-])C2=O)c1OC. The molecule has 1 aliphatic heterocycles. The van der Waals surface area contributed by atoms with Gasteiger partial charge in [-0.2, -0.15) is 0 Å². The monoisotopic (exact) mass is 352 g/mol. The molecule has 1 saturated heterocycles. The molecule has 122 valence electrons. The number of thiocarbonyl (C=S) groups is 1. The molecule has 2 rings (SSSR count).